The number of hydrogen-bond acceptors (Lipinski definition) is 11. The van der Waals surface area contributed by atoms with Crippen LogP contribution in [0.4, 0.5) is 34.9 Å². The molecule has 0 spiro atoms. The van der Waals surface area contributed by atoms with E-state index in [1.807, 2.05) is 78.9 Å². The summed E-state index contributed by atoms with van der Waals surface area (Å²) in [5.74, 6) is 1.50. The number of ether oxygens (including phenoxy) is 1. The lowest BCUT2D eigenvalue weighted by Crippen LogP contribution is -2.32. The van der Waals surface area contributed by atoms with Crippen LogP contribution in [0.25, 0.3) is 10.2 Å². The Morgan fingerprint density at radius 2 is 1.46 bits per heavy atom. The molecule has 0 bridgehead atoms. The van der Waals surface area contributed by atoms with Crippen LogP contribution in [0, 0.1) is 0 Å². The Morgan fingerprint density at radius 3 is 2.07 bits per heavy atom. The van der Waals surface area contributed by atoms with E-state index in [0.29, 0.717) is 30.1 Å². The maximum Gasteiger partial charge on any atom is 0.233 e. The van der Waals surface area contributed by atoms with Crippen molar-refractivity contribution in [3.63, 3.8) is 0 Å². The molecule has 2 aromatic heterocycles. The number of aromatic nitrogens is 4. The van der Waals surface area contributed by atoms with E-state index < -0.39 is 0 Å². The van der Waals surface area contributed by atoms with E-state index in [-0.39, 0.29) is 12.0 Å². The fraction of sp³-hybridized carbons (Fsp3) is 0.207. The third kappa shape index (κ3) is 7.48. The molecule has 0 aliphatic carbocycles. The normalized spacial score (nSPS) is 14.6. The molecule has 1 aliphatic rings. The van der Waals surface area contributed by atoms with Gasteiger partial charge in [-0.15, -0.1) is 11.3 Å². The van der Waals surface area contributed by atoms with Crippen molar-refractivity contribution in [1.82, 2.24) is 25.3 Å². The number of hydrogen-bond donors (Lipinski definition) is 4. The zero-order chi connectivity index (χ0) is 27.9. The Labute approximate surface area is 245 Å². The van der Waals surface area contributed by atoms with Gasteiger partial charge in [0.1, 0.15) is 0 Å². The van der Waals surface area contributed by atoms with Crippen molar-refractivity contribution in [2.75, 3.05) is 34.9 Å². The second kappa shape index (κ2) is 12.9. The van der Waals surface area contributed by atoms with Crippen LogP contribution >= 0.6 is 23.1 Å². The number of nitrogens with one attached hydrogen (secondary N) is 4. The molecule has 1 unspecified atom stereocenters. The number of anilines is 6. The largest absolute Gasteiger partial charge is 0.376 e. The lowest BCUT2D eigenvalue weighted by Gasteiger charge is -2.11. The van der Waals surface area contributed by atoms with Crippen LogP contribution in [0.3, 0.4) is 0 Å². The number of nitrogens with zero attached hydrogens (tertiary/aromatic N) is 4. The van der Waals surface area contributed by atoms with E-state index in [2.05, 4.69) is 41.2 Å². The average Bonchev–Trinajstić information content (AvgIpc) is 3.66. The molecule has 41 heavy (non-hydrogen) atoms. The number of amides is 1. The summed E-state index contributed by atoms with van der Waals surface area (Å²) in [4.78, 5) is 30.7. The Morgan fingerprint density at radius 1 is 0.829 bits per heavy atom. The van der Waals surface area contributed by atoms with Gasteiger partial charge in [0.2, 0.25) is 23.8 Å². The summed E-state index contributed by atoms with van der Waals surface area (Å²) in [7, 11) is 0. The lowest BCUT2D eigenvalue weighted by molar-refractivity contribution is -0.119. The molecular formula is C29H28N8O2S2. The molecule has 12 heteroatoms. The van der Waals surface area contributed by atoms with Crippen LogP contribution in [0.5, 0.6) is 0 Å². The molecule has 1 aliphatic heterocycles. The molecule has 1 fully saturated rings. The fourth-order valence-electron chi connectivity index (χ4n) is 4.23. The third-order valence-corrected chi connectivity index (χ3v) is 8.36. The molecule has 1 amide bonds. The SMILES string of the molecule is O=C(CSc1nc2ccc(Nc3nc(Nc4ccccc4)nc(Nc4ccccc4)n3)cc2s1)NCC1CCCO1. The van der Waals surface area contributed by atoms with Crippen molar-refractivity contribution in [1.29, 1.82) is 0 Å². The quantitative estimate of drug-likeness (QED) is 0.135. The molecule has 3 aromatic carbocycles. The molecule has 1 atom stereocenters. The van der Waals surface area contributed by atoms with Gasteiger partial charge in [-0.2, -0.15) is 15.0 Å². The first-order valence-corrected chi connectivity index (χ1v) is 15.1. The van der Waals surface area contributed by atoms with Crippen molar-refractivity contribution in [2.45, 2.75) is 23.3 Å². The molecule has 10 nitrogen and oxygen atoms in total. The van der Waals surface area contributed by atoms with Crippen molar-refractivity contribution in [3.8, 4) is 0 Å². The molecule has 3 heterocycles. The summed E-state index contributed by atoms with van der Waals surface area (Å²) >= 11 is 2.98. The van der Waals surface area contributed by atoms with Crippen LogP contribution < -0.4 is 21.3 Å². The van der Waals surface area contributed by atoms with Crippen LogP contribution in [0.2, 0.25) is 0 Å². The van der Waals surface area contributed by atoms with Gasteiger partial charge in [0, 0.05) is 30.2 Å². The second-order valence-electron chi connectivity index (χ2n) is 9.30. The predicted molar refractivity (Wildman–Crippen MR) is 165 cm³/mol. The first kappa shape index (κ1) is 26.9. The monoisotopic (exact) mass is 584 g/mol. The van der Waals surface area contributed by atoms with E-state index in [4.69, 9.17) is 4.74 Å². The Balaban J connectivity index is 1.15. The van der Waals surface area contributed by atoms with Gasteiger partial charge in [0.05, 0.1) is 22.1 Å². The molecule has 6 rings (SSSR count). The van der Waals surface area contributed by atoms with E-state index in [9.17, 15) is 4.79 Å². The number of benzene rings is 3. The molecule has 0 saturated carbocycles. The number of thiazole rings is 1. The number of carbonyl (C=O) groups is 1. The highest BCUT2D eigenvalue weighted by atomic mass is 32.2. The minimum atomic E-state index is -0.0122. The number of carbonyl (C=O) groups excluding carboxylic acids is 1. The van der Waals surface area contributed by atoms with Gasteiger partial charge in [-0.25, -0.2) is 4.98 Å². The van der Waals surface area contributed by atoms with Gasteiger partial charge in [-0.3, -0.25) is 4.79 Å². The summed E-state index contributed by atoms with van der Waals surface area (Å²) < 4.78 is 7.41. The number of fused-ring (bicyclic) bond motifs is 1. The van der Waals surface area contributed by atoms with Crippen molar-refractivity contribution < 1.29 is 9.53 Å². The average molecular weight is 585 g/mol. The van der Waals surface area contributed by atoms with Crippen LogP contribution in [0.1, 0.15) is 12.8 Å². The van der Waals surface area contributed by atoms with Gasteiger partial charge >= 0.3 is 0 Å². The van der Waals surface area contributed by atoms with Gasteiger partial charge in [-0.1, -0.05) is 48.2 Å². The fourth-order valence-corrected chi connectivity index (χ4v) is 6.17. The smallest absolute Gasteiger partial charge is 0.233 e. The van der Waals surface area contributed by atoms with Gasteiger partial charge in [0.15, 0.2) is 4.34 Å². The maximum absolute atomic E-state index is 12.3. The highest BCUT2D eigenvalue weighted by molar-refractivity contribution is 8.01. The second-order valence-corrected chi connectivity index (χ2v) is 11.6. The van der Waals surface area contributed by atoms with Crippen molar-refractivity contribution in [3.05, 3.63) is 78.9 Å². The highest BCUT2D eigenvalue weighted by Crippen LogP contribution is 2.32. The summed E-state index contributed by atoms with van der Waals surface area (Å²) in [5.41, 5.74) is 3.42. The summed E-state index contributed by atoms with van der Waals surface area (Å²) in [5, 5.41) is 12.8. The zero-order valence-corrected chi connectivity index (χ0v) is 23.7. The number of para-hydroxylation sites is 2. The Kier molecular flexibility index (Phi) is 8.50. The first-order valence-electron chi connectivity index (χ1n) is 13.3. The van der Waals surface area contributed by atoms with E-state index >= 15 is 0 Å². The molecule has 5 aromatic rings. The van der Waals surface area contributed by atoms with E-state index in [1.165, 1.54) is 11.8 Å². The van der Waals surface area contributed by atoms with Crippen molar-refractivity contribution in [2.24, 2.45) is 0 Å². The maximum atomic E-state index is 12.3. The molecule has 1 saturated heterocycles. The number of thioether (sulfide) groups is 1. The predicted octanol–water partition coefficient (Wildman–Crippen LogP) is 6.10. The van der Waals surface area contributed by atoms with Gasteiger partial charge in [-0.05, 0) is 55.3 Å². The first-order chi connectivity index (χ1) is 20.2. The topological polar surface area (TPSA) is 126 Å². The molecule has 208 valence electrons. The highest BCUT2D eigenvalue weighted by Gasteiger charge is 2.17. The zero-order valence-electron chi connectivity index (χ0n) is 22.0. The standard InChI is InChI=1S/C29H28N8O2S2/c38-25(30-17-22-12-7-15-39-22)18-40-29-34-23-14-13-21(16-24(23)41-29)33-28-36-26(31-19-8-3-1-4-9-19)35-27(37-28)32-20-10-5-2-6-11-20/h1-6,8-11,13-14,16,22H,7,12,15,17-18H2,(H,30,38)(H3,31,32,33,35,36,37). The van der Waals surface area contributed by atoms with Crippen LogP contribution in [-0.2, 0) is 9.53 Å². The summed E-state index contributed by atoms with van der Waals surface area (Å²) in [6, 6.07) is 25.4. The minimum absolute atomic E-state index is 0.0122. The lowest BCUT2D eigenvalue weighted by atomic mass is 10.2. The van der Waals surface area contributed by atoms with Crippen molar-refractivity contribution >= 4 is 74.1 Å². The summed E-state index contributed by atoms with van der Waals surface area (Å²) in [6.07, 6.45) is 2.20. The van der Waals surface area contributed by atoms with Gasteiger partial charge < -0.3 is 26.0 Å². The summed E-state index contributed by atoms with van der Waals surface area (Å²) in [6.45, 7) is 1.35. The van der Waals surface area contributed by atoms with E-state index in [0.717, 1.165) is 51.1 Å². The molecular weight excluding hydrogens is 557 g/mol. The van der Waals surface area contributed by atoms with Crippen LogP contribution in [-0.4, -0.2) is 50.9 Å². The minimum Gasteiger partial charge on any atom is -0.376 e. The van der Waals surface area contributed by atoms with E-state index in [1.54, 1.807) is 11.3 Å². The van der Waals surface area contributed by atoms with Crippen LogP contribution in [0.15, 0.2) is 83.2 Å². The Bertz CT molecular complexity index is 1550. The third-order valence-electron chi connectivity index (χ3n) is 6.20. The number of rotatable bonds is 11. The Hall–Kier alpha value is -4.26. The molecule has 4 N–H and O–H groups in total. The molecule has 0 radical (unpaired) electrons. The van der Waals surface area contributed by atoms with Gasteiger partial charge in [0.25, 0.3) is 0 Å².